The maximum Gasteiger partial charge on any atom is 0.305 e. The van der Waals surface area contributed by atoms with E-state index in [0.717, 1.165) is 11.3 Å². The summed E-state index contributed by atoms with van der Waals surface area (Å²) >= 11 is 0. The van der Waals surface area contributed by atoms with Gasteiger partial charge in [-0.05, 0) is 7.05 Å². The smallest absolute Gasteiger partial charge is 0.305 e. The normalized spacial score (nSPS) is 13.7. The molecule has 1 heterocycles. The van der Waals surface area contributed by atoms with Gasteiger partial charge in [-0.2, -0.15) is 5.10 Å². The molecule has 0 aliphatic rings. The standard InChI is InChI=1S/C12H21N3O2/c1-12(2,3)11-8(7-15(5)14-11)9(13-4)6-10(16)17/h7,9,13H,6H2,1-5H3,(H,16,17). The van der Waals surface area contributed by atoms with Crippen molar-refractivity contribution < 1.29 is 9.90 Å². The molecule has 1 atom stereocenters. The van der Waals surface area contributed by atoms with Crippen molar-refractivity contribution in [1.29, 1.82) is 0 Å². The number of carbonyl (C=O) groups is 1. The highest BCUT2D eigenvalue weighted by Crippen LogP contribution is 2.29. The van der Waals surface area contributed by atoms with Crippen molar-refractivity contribution in [2.75, 3.05) is 7.05 Å². The van der Waals surface area contributed by atoms with Gasteiger partial charge in [-0.25, -0.2) is 0 Å². The van der Waals surface area contributed by atoms with Crippen LogP contribution in [0.2, 0.25) is 0 Å². The third-order valence-corrected chi connectivity index (χ3v) is 2.67. The molecule has 17 heavy (non-hydrogen) atoms. The van der Waals surface area contributed by atoms with Crippen molar-refractivity contribution in [1.82, 2.24) is 15.1 Å². The van der Waals surface area contributed by atoms with E-state index in [2.05, 4.69) is 31.2 Å². The quantitative estimate of drug-likeness (QED) is 0.834. The molecule has 5 nitrogen and oxygen atoms in total. The van der Waals surface area contributed by atoms with Crippen molar-refractivity contribution in [2.45, 2.75) is 38.6 Å². The van der Waals surface area contributed by atoms with Crippen LogP contribution in [0, 0.1) is 0 Å². The van der Waals surface area contributed by atoms with E-state index in [9.17, 15) is 4.79 Å². The summed E-state index contributed by atoms with van der Waals surface area (Å²) in [5.41, 5.74) is 1.81. The highest BCUT2D eigenvalue weighted by atomic mass is 16.4. The van der Waals surface area contributed by atoms with Crippen LogP contribution in [-0.4, -0.2) is 27.9 Å². The fourth-order valence-electron chi connectivity index (χ4n) is 1.89. The molecule has 0 amide bonds. The van der Waals surface area contributed by atoms with Gasteiger partial charge in [-0.3, -0.25) is 9.48 Å². The molecule has 0 aliphatic heterocycles. The Bertz CT molecular complexity index is 404. The van der Waals surface area contributed by atoms with Crippen molar-refractivity contribution in [3.8, 4) is 0 Å². The molecular weight excluding hydrogens is 218 g/mol. The second-order valence-electron chi connectivity index (χ2n) is 5.30. The monoisotopic (exact) mass is 239 g/mol. The number of hydrogen-bond donors (Lipinski definition) is 2. The predicted octanol–water partition coefficient (Wildman–Crippen LogP) is 1.45. The zero-order valence-electron chi connectivity index (χ0n) is 11.1. The molecule has 1 aromatic rings. The summed E-state index contributed by atoms with van der Waals surface area (Å²) in [6, 6.07) is -0.199. The molecule has 96 valence electrons. The molecule has 0 spiro atoms. The van der Waals surface area contributed by atoms with Gasteiger partial charge in [0.2, 0.25) is 0 Å². The molecular formula is C12H21N3O2. The minimum atomic E-state index is -0.812. The van der Waals surface area contributed by atoms with Gasteiger partial charge < -0.3 is 10.4 Å². The van der Waals surface area contributed by atoms with Gasteiger partial charge in [0.05, 0.1) is 12.1 Å². The second-order valence-corrected chi connectivity index (χ2v) is 5.30. The van der Waals surface area contributed by atoms with Gasteiger partial charge in [-0.1, -0.05) is 20.8 Å². The summed E-state index contributed by atoms with van der Waals surface area (Å²) in [6.07, 6.45) is 1.95. The van der Waals surface area contributed by atoms with Gasteiger partial charge in [0.15, 0.2) is 0 Å². The SMILES string of the molecule is CNC(CC(=O)O)c1cn(C)nc1C(C)(C)C. The Morgan fingerprint density at radius 1 is 1.59 bits per heavy atom. The average Bonchev–Trinajstić information content (AvgIpc) is 2.55. The zero-order valence-corrected chi connectivity index (χ0v) is 11.1. The molecule has 0 bridgehead atoms. The summed E-state index contributed by atoms with van der Waals surface area (Å²) < 4.78 is 1.74. The molecule has 1 unspecified atom stereocenters. The predicted molar refractivity (Wildman–Crippen MR) is 66.0 cm³/mol. The van der Waals surface area contributed by atoms with Crippen molar-refractivity contribution in [3.63, 3.8) is 0 Å². The Kier molecular flexibility index (Phi) is 3.93. The first-order valence-corrected chi connectivity index (χ1v) is 5.68. The number of carboxylic acids is 1. The maximum absolute atomic E-state index is 10.8. The van der Waals surface area contributed by atoms with E-state index < -0.39 is 5.97 Å². The van der Waals surface area contributed by atoms with Crippen LogP contribution in [0.4, 0.5) is 0 Å². The largest absolute Gasteiger partial charge is 0.481 e. The van der Waals surface area contributed by atoms with Gasteiger partial charge >= 0.3 is 5.97 Å². The molecule has 0 saturated heterocycles. The van der Waals surface area contributed by atoms with Crippen molar-refractivity contribution >= 4 is 5.97 Å². The Hall–Kier alpha value is -1.36. The van der Waals surface area contributed by atoms with Crippen LogP contribution < -0.4 is 5.32 Å². The molecule has 1 rings (SSSR count). The number of aliphatic carboxylic acids is 1. The number of carboxylic acid groups (broad SMARTS) is 1. The lowest BCUT2D eigenvalue weighted by Crippen LogP contribution is -2.24. The van der Waals surface area contributed by atoms with E-state index >= 15 is 0 Å². The average molecular weight is 239 g/mol. The number of hydrogen-bond acceptors (Lipinski definition) is 3. The van der Waals surface area contributed by atoms with E-state index in [1.165, 1.54) is 0 Å². The first kappa shape index (κ1) is 13.7. The topological polar surface area (TPSA) is 67.2 Å². The second kappa shape index (κ2) is 4.87. The third kappa shape index (κ3) is 3.30. The highest BCUT2D eigenvalue weighted by molar-refractivity contribution is 5.68. The summed E-state index contributed by atoms with van der Waals surface area (Å²) in [4.78, 5) is 10.8. The van der Waals surface area contributed by atoms with E-state index in [4.69, 9.17) is 5.11 Å². The van der Waals surface area contributed by atoms with E-state index in [1.54, 1.807) is 11.7 Å². The van der Waals surface area contributed by atoms with Crippen LogP contribution >= 0.6 is 0 Å². The molecule has 0 aromatic carbocycles. The molecule has 0 aliphatic carbocycles. The minimum Gasteiger partial charge on any atom is -0.481 e. The maximum atomic E-state index is 10.8. The number of nitrogens with zero attached hydrogens (tertiary/aromatic N) is 2. The summed E-state index contributed by atoms with van der Waals surface area (Å²) in [6.45, 7) is 6.23. The summed E-state index contributed by atoms with van der Waals surface area (Å²) in [5, 5.41) is 16.4. The Morgan fingerprint density at radius 2 is 2.18 bits per heavy atom. The number of aryl methyl sites for hydroxylation is 1. The van der Waals surface area contributed by atoms with Crippen LogP contribution in [0.5, 0.6) is 0 Å². The third-order valence-electron chi connectivity index (χ3n) is 2.67. The number of nitrogens with one attached hydrogen (secondary N) is 1. The Labute approximate surface area is 102 Å². The molecule has 5 heteroatoms. The number of aromatic nitrogens is 2. The summed E-state index contributed by atoms with van der Waals surface area (Å²) in [5.74, 6) is -0.812. The van der Waals surface area contributed by atoms with Crippen LogP contribution in [0.1, 0.15) is 44.5 Å². The lowest BCUT2D eigenvalue weighted by atomic mass is 9.87. The summed E-state index contributed by atoms with van der Waals surface area (Å²) in [7, 11) is 3.62. The zero-order chi connectivity index (χ0) is 13.2. The lowest BCUT2D eigenvalue weighted by Gasteiger charge is -2.21. The van der Waals surface area contributed by atoms with Gasteiger partial charge in [0.25, 0.3) is 0 Å². The molecule has 0 radical (unpaired) electrons. The Balaban J connectivity index is 3.14. The van der Waals surface area contributed by atoms with E-state index in [-0.39, 0.29) is 17.9 Å². The fraction of sp³-hybridized carbons (Fsp3) is 0.667. The van der Waals surface area contributed by atoms with Crippen LogP contribution in [0.25, 0.3) is 0 Å². The molecule has 2 N–H and O–H groups in total. The molecule has 0 saturated carbocycles. The van der Waals surface area contributed by atoms with E-state index in [0.29, 0.717) is 0 Å². The minimum absolute atomic E-state index is 0.0608. The van der Waals surface area contributed by atoms with Crippen LogP contribution in [0.3, 0.4) is 0 Å². The van der Waals surface area contributed by atoms with E-state index in [1.807, 2.05) is 13.2 Å². The van der Waals surface area contributed by atoms with Crippen LogP contribution in [0.15, 0.2) is 6.20 Å². The van der Waals surface area contributed by atoms with Crippen molar-refractivity contribution in [3.05, 3.63) is 17.5 Å². The fourth-order valence-corrected chi connectivity index (χ4v) is 1.89. The molecule has 0 fully saturated rings. The lowest BCUT2D eigenvalue weighted by molar-refractivity contribution is -0.137. The number of rotatable bonds is 4. The highest BCUT2D eigenvalue weighted by Gasteiger charge is 2.26. The molecule has 1 aromatic heterocycles. The Morgan fingerprint density at radius 3 is 2.59 bits per heavy atom. The van der Waals surface area contributed by atoms with Gasteiger partial charge in [0, 0.05) is 30.3 Å². The van der Waals surface area contributed by atoms with Gasteiger partial charge in [-0.15, -0.1) is 0 Å². The van der Waals surface area contributed by atoms with Crippen LogP contribution in [-0.2, 0) is 17.3 Å². The van der Waals surface area contributed by atoms with Gasteiger partial charge in [0.1, 0.15) is 0 Å². The first-order chi connectivity index (χ1) is 7.75. The first-order valence-electron chi connectivity index (χ1n) is 5.68. The van der Waals surface area contributed by atoms with Crippen molar-refractivity contribution in [2.24, 2.45) is 7.05 Å².